The van der Waals surface area contributed by atoms with Gasteiger partial charge >= 0.3 is 0 Å². The summed E-state index contributed by atoms with van der Waals surface area (Å²) in [7, 11) is 0. The smallest absolute Gasteiger partial charge is 0.251 e. The van der Waals surface area contributed by atoms with Gasteiger partial charge in [-0.1, -0.05) is 40.2 Å². The summed E-state index contributed by atoms with van der Waals surface area (Å²) in [6.45, 7) is 2.68. The third-order valence-electron chi connectivity index (χ3n) is 3.89. The normalized spacial score (nSPS) is 15.3. The number of aryl methyl sites for hydroxylation is 1. The monoisotopic (exact) mass is 345 g/mol. The lowest BCUT2D eigenvalue weighted by Crippen LogP contribution is -2.31. The number of amides is 1. The predicted octanol–water partition coefficient (Wildman–Crippen LogP) is 3.13. The van der Waals surface area contributed by atoms with Crippen LogP contribution < -0.4 is 5.32 Å². The highest BCUT2D eigenvalue weighted by Gasteiger charge is 2.19. The summed E-state index contributed by atoms with van der Waals surface area (Å²) in [5, 5.41) is 13.4. The molecular formula is C17H16BrNO2. The number of fused-ring (bicyclic) bond motifs is 1. The van der Waals surface area contributed by atoms with E-state index in [9.17, 15) is 9.90 Å². The fourth-order valence-corrected chi connectivity index (χ4v) is 2.97. The number of benzene rings is 2. The predicted molar refractivity (Wildman–Crippen MR) is 85.4 cm³/mol. The summed E-state index contributed by atoms with van der Waals surface area (Å²) in [6, 6.07) is 11.4. The Morgan fingerprint density at radius 1 is 1.19 bits per heavy atom. The third kappa shape index (κ3) is 2.74. The van der Waals surface area contributed by atoms with Gasteiger partial charge in [0.15, 0.2) is 0 Å². The van der Waals surface area contributed by atoms with Crippen molar-refractivity contribution < 1.29 is 9.90 Å². The molecule has 1 unspecified atom stereocenters. The number of rotatable bonds is 2. The minimum Gasteiger partial charge on any atom is -0.384 e. The molecule has 0 radical (unpaired) electrons. The van der Waals surface area contributed by atoms with Gasteiger partial charge in [-0.05, 0) is 47.7 Å². The van der Waals surface area contributed by atoms with Gasteiger partial charge in [-0.25, -0.2) is 0 Å². The number of carbonyl (C=O) groups excluding carboxylic acids is 1. The van der Waals surface area contributed by atoms with E-state index >= 15 is 0 Å². The molecule has 0 aromatic heterocycles. The Bertz CT molecular complexity index is 712. The average Bonchev–Trinajstić information content (AvgIpc) is 2.49. The van der Waals surface area contributed by atoms with Crippen LogP contribution >= 0.6 is 15.9 Å². The molecule has 3 rings (SSSR count). The van der Waals surface area contributed by atoms with Crippen molar-refractivity contribution in [1.82, 2.24) is 5.32 Å². The highest BCUT2D eigenvalue weighted by atomic mass is 79.9. The molecule has 3 nitrogen and oxygen atoms in total. The summed E-state index contributed by atoms with van der Waals surface area (Å²) < 4.78 is 0.967. The highest BCUT2D eigenvalue weighted by Crippen LogP contribution is 2.28. The first kappa shape index (κ1) is 14.3. The zero-order valence-electron chi connectivity index (χ0n) is 11.7. The molecule has 1 amide bonds. The van der Waals surface area contributed by atoms with E-state index in [1.165, 1.54) is 0 Å². The van der Waals surface area contributed by atoms with E-state index in [0.717, 1.165) is 33.1 Å². The lowest BCUT2D eigenvalue weighted by molar-refractivity contribution is 0.0945. The van der Waals surface area contributed by atoms with Crippen LogP contribution in [-0.2, 0) is 6.42 Å². The standard InChI is InChI=1S/C17H16BrNO2/c1-10-2-3-13(9-15(10)18)16(20)12-5-4-11-6-7-19-17(21)14(11)8-12/h2-5,8-9,16,20H,6-7H2,1H3,(H,19,21). The van der Waals surface area contributed by atoms with Gasteiger partial charge in [0.1, 0.15) is 6.10 Å². The molecule has 108 valence electrons. The molecule has 0 saturated heterocycles. The zero-order chi connectivity index (χ0) is 15.0. The van der Waals surface area contributed by atoms with Gasteiger partial charge in [0.05, 0.1) is 0 Å². The molecule has 2 N–H and O–H groups in total. The molecule has 21 heavy (non-hydrogen) atoms. The highest BCUT2D eigenvalue weighted by molar-refractivity contribution is 9.10. The molecular weight excluding hydrogens is 330 g/mol. The van der Waals surface area contributed by atoms with Gasteiger partial charge in [0.25, 0.3) is 5.91 Å². The van der Waals surface area contributed by atoms with Gasteiger partial charge in [-0.2, -0.15) is 0 Å². The first-order valence-corrected chi connectivity index (χ1v) is 7.70. The van der Waals surface area contributed by atoms with E-state index < -0.39 is 6.10 Å². The summed E-state index contributed by atoms with van der Waals surface area (Å²) in [6.07, 6.45) is 0.106. The Kier molecular flexibility index (Phi) is 3.83. The molecule has 1 heterocycles. The van der Waals surface area contributed by atoms with E-state index in [-0.39, 0.29) is 5.91 Å². The number of aliphatic hydroxyl groups is 1. The summed E-state index contributed by atoms with van der Waals surface area (Å²) >= 11 is 3.48. The van der Waals surface area contributed by atoms with Crippen LogP contribution in [0.5, 0.6) is 0 Å². The first-order chi connectivity index (χ1) is 10.1. The van der Waals surface area contributed by atoms with E-state index in [2.05, 4.69) is 21.2 Å². The van der Waals surface area contributed by atoms with Crippen molar-refractivity contribution in [3.63, 3.8) is 0 Å². The lowest BCUT2D eigenvalue weighted by Gasteiger charge is -2.19. The van der Waals surface area contributed by atoms with Crippen molar-refractivity contribution in [2.75, 3.05) is 6.54 Å². The molecule has 0 spiro atoms. The number of nitrogens with one attached hydrogen (secondary N) is 1. The summed E-state index contributed by atoms with van der Waals surface area (Å²) in [5.41, 5.74) is 4.38. The van der Waals surface area contributed by atoms with E-state index in [0.29, 0.717) is 12.1 Å². The van der Waals surface area contributed by atoms with Crippen molar-refractivity contribution in [3.8, 4) is 0 Å². The maximum Gasteiger partial charge on any atom is 0.251 e. The number of aliphatic hydroxyl groups excluding tert-OH is 1. The van der Waals surface area contributed by atoms with Crippen LogP contribution in [0.2, 0.25) is 0 Å². The van der Waals surface area contributed by atoms with Crippen molar-refractivity contribution in [2.24, 2.45) is 0 Å². The molecule has 2 aromatic rings. The molecule has 0 fully saturated rings. The molecule has 1 atom stereocenters. The van der Waals surface area contributed by atoms with Gasteiger partial charge < -0.3 is 10.4 Å². The van der Waals surface area contributed by atoms with Crippen molar-refractivity contribution in [1.29, 1.82) is 0 Å². The van der Waals surface area contributed by atoms with Crippen LogP contribution in [0.4, 0.5) is 0 Å². The van der Waals surface area contributed by atoms with Crippen molar-refractivity contribution in [2.45, 2.75) is 19.4 Å². The SMILES string of the molecule is Cc1ccc(C(O)c2ccc3c(c2)C(=O)NCC3)cc1Br. The molecule has 0 bridgehead atoms. The third-order valence-corrected chi connectivity index (χ3v) is 4.74. The van der Waals surface area contributed by atoms with E-state index in [1.54, 1.807) is 6.07 Å². The van der Waals surface area contributed by atoms with E-state index in [1.807, 2.05) is 37.3 Å². The molecule has 0 saturated carbocycles. The number of carbonyl (C=O) groups is 1. The second kappa shape index (κ2) is 5.62. The number of hydrogen-bond acceptors (Lipinski definition) is 2. The largest absolute Gasteiger partial charge is 0.384 e. The minimum absolute atomic E-state index is 0.0598. The van der Waals surface area contributed by atoms with Crippen LogP contribution in [0.15, 0.2) is 40.9 Å². The Balaban J connectivity index is 1.98. The Labute approximate surface area is 132 Å². The fraction of sp³-hybridized carbons (Fsp3) is 0.235. The van der Waals surface area contributed by atoms with Crippen molar-refractivity contribution >= 4 is 21.8 Å². The number of halogens is 1. The molecule has 1 aliphatic heterocycles. The Morgan fingerprint density at radius 3 is 2.67 bits per heavy atom. The van der Waals surface area contributed by atoms with Crippen molar-refractivity contribution in [3.05, 3.63) is 68.7 Å². The van der Waals surface area contributed by atoms with Crippen LogP contribution in [0, 0.1) is 6.92 Å². The van der Waals surface area contributed by atoms with Crippen LogP contribution in [0.25, 0.3) is 0 Å². The van der Waals surface area contributed by atoms with Gasteiger partial charge in [0.2, 0.25) is 0 Å². The molecule has 0 aliphatic carbocycles. The first-order valence-electron chi connectivity index (χ1n) is 6.91. The average molecular weight is 346 g/mol. The van der Waals surface area contributed by atoms with E-state index in [4.69, 9.17) is 0 Å². The quantitative estimate of drug-likeness (QED) is 0.878. The minimum atomic E-state index is -0.734. The maximum absolute atomic E-state index is 11.9. The van der Waals surface area contributed by atoms with Crippen LogP contribution in [0.3, 0.4) is 0 Å². The molecule has 4 heteroatoms. The number of hydrogen-bond donors (Lipinski definition) is 2. The fourth-order valence-electron chi connectivity index (χ4n) is 2.57. The second-order valence-electron chi connectivity index (χ2n) is 5.33. The lowest BCUT2D eigenvalue weighted by atomic mass is 9.93. The molecule has 2 aromatic carbocycles. The summed E-state index contributed by atoms with van der Waals surface area (Å²) in [4.78, 5) is 11.9. The maximum atomic E-state index is 11.9. The van der Waals surface area contributed by atoms with Crippen LogP contribution in [-0.4, -0.2) is 17.6 Å². The van der Waals surface area contributed by atoms with Gasteiger partial charge in [-0.15, -0.1) is 0 Å². The Morgan fingerprint density at radius 2 is 1.90 bits per heavy atom. The Hall–Kier alpha value is -1.65. The van der Waals surface area contributed by atoms with Gasteiger partial charge in [0, 0.05) is 16.6 Å². The zero-order valence-corrected chi connectivity index (χ0v) is 13.3. The molecule has 1 aliphatic rings. The second-order valence-corrected chi connectivity index (χ2v) is 6.19. The summed E-state index contributed by atoms with van der Waals surface area (Å²) in [5.74, 6) is -0.0598. The van der Waals surface area contributed by atoms with Crippen LogP contribution in [0.1, 0.15) is 38.7 Å². The topological polar surface area (TPSA) is 49.3 Å². The van der Waals surface area contributed by atoms with Gasteiger partial charge in [-0.3, -0.25) is 4.79 Å².